The van der Waals surface area contributed by atoms with Crippen LogP contribution in [0.1, 0.15) is 25.8 Å². The molecule has 0 saturated carbocycles. The van der Waals surface area contributed by atoms with Crippen LogP contribution in [0.2, 0.25) is 0 Å². The van der Waals surface area contributed by atoms with E-state index in [4.69, 9.17) is 9.47 Å². The molecule has 0 radical (unpaired) electrons. The quantitative estimate of drug-likeness (QED) is 0.816. The van der Waals surface area contributed by atoms with Crippen LogP contribution in [0, 0.1) is 0 Å². The average molecular weight is 368 g/mol. The molecule has 142 valence electrons. The van der Waals surface area contributed by atoms with Gasteiger partial charge in [0.2, 0.25) is 5.91 Å². The van der Waals surface area contributed by atoms with Gasteiger partial charge in [-0.2, -0.15) is 0 Å². The van der Waals surface area contributed by atoms with Gasteiger partial charge < -0.3 is 19.7 Å². The number of nitrogens with one attached hydrogen (secondary N) is 1. The summed E-state index contributed by atoms with van der Waals surface area (Å²) in [6, 6.07) is 15.0. The summed E-state index contributed by atoms with van der Waals surface area (Å²) in [7, 11) is 0. The fourth-order valence-electron chi connectivity index (χ4n) is 2.86. The van der Waals surface area contributed by atoms with Crippen molar-refractivity contribution >= 4 is 17.5 Å². The van der Waals surface area contributed by atoms with Crippen LogP contribution < -0.4 is 19.7 Å². The van der Waals surface area contributed by atoms with E-state index >= 15 is 0 Å². The Kier molecular flexibility index (Phi) is 5.96. The van der Waals surface area contributed by atoms with Gasteiger partial charge in [-0.15, -0.1) is 0 Å². The molecule has 0 saturated heterocycles. The molecule has 1 N–H and O–H groups in total. The lowest BCUT2D eigenvalue weighted by Gasteiger charge is -2.29. The number of rotatable bonds is 7. The number of ether oxygens (including phenoxy) is 2. The molecular weight excluding hydrogens is 344 g/mol. The number of hydrogen-bond acceptors (Lipinski definition) is 4. The summed E-state index contributed by atoms with van der Waals surface area (Å²) in [6.07, 6.45) is 0.359. The highest BCUT2D eigenvalue weighted by Gasteiger charge is 2.25. The van der Waals surface area contributed by atoms with E-state index < -0.39 is 0 Å². The minimum atomic E-state index is -0.137. The zero-order valence-corrected chi connectivity index (χ0v) is 15.6. The molecule has 6 nitrogen and oxygen atoms in total. The van der Waals surface area contributed by atoms with Crippen LogP contribution in [-0.4, -0.2) is 31.1 Å². The zero-order chi connectivity index (χ0) is 19.2. The van der Waals surface area contributed by atoms with Crippen molar-refractivity contribution in [1.82, 2.24) is 5.32 Å². The summed E-state index contributed by atoms with van der Waals surface area (Å²) < 4.78 is 11.0. The van der Waals surface area contributed by atoms with Crippen molar-refractivity contribution in [2.24, 2.45) is 0 Å². The molecular formula is C21H24N2O4. The van der Waals surface area contributed by atoms with Gasteiger partial charge in [0.25, 0.3) is 5.91 Å². The molecule has 2 aromatic rings. The first-order valence-corrected chi connectivity index (χ1v) is 9.07. The van der Waals surface area contributed by atoms with E-state index in [0.29, 0.717) is 24.5 Å². The Labute approximate surface area is 159 Å². The zero-order valence-electron chi connectivity index (χ0n) is 15.6. The molecule has 1 aliphatic heterocycles. The third-order valence-corrected chi connectivity index (χ3v) is 4.16. The first-order chi connectivity index (χ1) is 13.0. The first kappa shape index (κ1) is 18.8. The highest BCUT2D eigenvalue weighted by Crippen LogP contribution is 2.31. The van der Waals surface area contributed by atoms with Gasteiger partial charge in [0, 0.05) is 19.5 Å². The molecule has 0 bridgehead atoms. The Balaban J connectivity index is 1.49. The minimum absolute atomic E-state index is 0.00340. The Morgan fingerprint density at radius 1 is 1.19 bits per heavy atom. The third kappa shape index (κ3) is 5.00. The van der Waals surface area contributed by atoms with Crippen molar-refractivity contribution in [2.75, 3.05) is 18.1 Å². The lowest BCUT2D eigenvalue weighted by Crippen LogP contribution is -2.41. The molecule has 6 heteroatoms. The van der Waals surface area contributed by atoms with E-state index in [1.54, 1.807) is 4.90 Å². The van der Waals surface area contributed by atoms with E-state index in [0.717, 1.165) is 11.3 Å². The average Bonchev–Trinajstić information content (AvgIpc) is 2.66. The molecule has 2 amide bonds. The van der Waals surface area contributed by atoms with Crippen LogP contribution in [0.25, 0.3) is 0 Å². The normalized spacial score (nSPS) is 13.1. The van der Waals surface area contributed by atoms with Gasteiger partial charge in [-0.25, -0.2) is 0 Å². The summed E-state index contributed by atoms with van der Waals surface area (Å²) >= 11 is 0. The number of benzene rings is 2. The van der Waals surface area contributed by atoms with Crippen LogP contribution in [0.3, 0.4) is 0 Å². The maximum Gasteiger partial charge on any atom is 0.265 e. The molecule has 0 spiro atoms. The number of amides is 2. The maximum absolute atomic E-state index is 12.2. The molecule has 27 heavy (non-hydrogen) atoms. The summed E-state index contributed by atoms with van der Waals surface area (Å²) in [5.41, 5.74) is 1.70. The summed E-state index contributed by atoms with van der Waals surface area (Å²) in [4.78, 5) is 25.9. The summed E-state index contributed by atoms with van der Waals surface area (Å²) in [6.45, 7) is 4.72. The number of fused-ring (bicyclic) bond motifs is 1. The van der Waals surface area contributed by atoms with Gasteiger partial charge in [0.15, 0.2) is 6.61 Å². The van der Waals surface area contributed by atoms with Crippen molar-refractivity contribution in [3.05, 3.63) is 54.1 Å². The van der Waals surface area contributed by atoms with Crippen LogP contribution in [0.5, 0.6) is 11.5 Å². The van der Waals surface area contributed by atoms with Crippen LogP contribution in [0.15, 0.2) is 48.5 Å². The fraction of sp³-hybridized carbons (Fsp3) is 0.333. The Bertz CT molecular complexity index is 802. The molecule has 0 fully saturated rings. The van der Waals surface area contributed by atoms with Gasteiger partial charge in [-0.05, 0) is 43.7 Å². The standard InChI is InChI=1S/C21H24N2O4/c1-15(2)27-17-9-7-16(8-10-17)13-22-20(24)11-12-23-18-5-3-4-6-19(18)26-14-21(23)25/h3-10,15H,11-14H2,1-2H3,(H,22,24). The molecule has 0 unspecified atom stereocenters. The lowest BCUT2D eigenvalue weighted by molar-refractivity contribution is -0.122. The van der Waals surface area contributed by atoms with E-state index in [9.17, 15) is 9.59 Å². The second-order valence-electron chi connectivity index (χ2n) is 6.64. The van der Waals surface area contributed by atoms with Crippen molar-refractivity contribution < 1.29 is 19.1 Å². The number of carbonyl (C=O) groups is 2. The summed E-state index contributed by atoms with van der Waals surface area (Å²) in [5, 5.41) is 2.89. The molecule has 2 aromatic carbocycles. The van der Waals surface area contributed by atoms with E-state index in [-0.39, 0.29) is 30.9 Å². The van der Waals surface area contributed by atoms with E-state index in [1.165, 1.54) is 0 Å². The second-order valence-corrected chi connectivity index (χ2v) is 6.64. The topological polar surface area (TPSA) is 67.9 Å². The van der Waals surface area contributed by atoms with E-state index in [2.05, 4.69) is 5.32 Å². The van der Waals surface area contributed by atoms with Crippen LogP contribution >= 0.6 is 0 Å². The monoisotopic (exact) mass is 368 g/mol. The van der Waals surface area contributed by atoms with Crippen molar-refractivity contribution in [3.8, 4) is 11.5 Å². The predicted molar refractivity (Wildman–Crippen MR) is 103 cm³/mol. The molecule has 0 atom stereocenters. The fourth-order valence-corrected chi connectivity index (χ4v) is 2.86. The highest BCUT2D eigenvalue weighted by molar-refractivity contribution is 5.98. The SMILES string of the molecule is CC(C)Oc1ccc(CNC(=O)CCN2C(=O)COc3ccccc32)cc1. The molecule has 1 aliphatic rings. The van der Waals surface area contributed by atoms with Gasteiger partial charge in [-0.1, -0.05) is 24.3 Å². The number of anilines is 1. The summed E-state index contributed by atoms with van der Waals surface area (Å²) in [5.74, 6) is 1.24. The number of nitrogens with zero attached hydrogens (tertiary/aromatic N) is 1. The largest absolute Gasteiger partial charge is 0.491 e. The number of para-hydroxylation sites is 2. The predicted octanol–water partition coefficient (Wildman–Crippen LogP) is 2.91. The minimum Gasteiger partial charge on any atom is -0.491 e. The first-order valence-electron chi connectivity index (χ1n) is 9.07. The van der Waals surface area contributed by atoms with Crippen LogP contribution in [-0.2, 0) is 16.1 Å². The van der Waals surface area contributed by atoms with Gasteiger partial charge >= 0.3 is 0 Å². The number of hydrogen-bond donors (Lipinski definition) is 1. The Morgan fingerprint density at radius 3 is 2.67 bits per heavy atom. The van der Waals surface area contributed by atoms with Crippen LogP contribution in [0.4, 0.5) is 5.69 Å². The van der Waals surface area contributed by atoms with Crippen molar-refractivity contribution in [1.29, 1.82) is 0 Å². The maximum atomic E-state index is 12.2. The molecule has 0 aliphatic carbocycles. The van der Waals surface area contributed by atoms with Gasteiger partial charge in [0.05, 0.1) is 11.8 Å². The van der Waals surface area contributed by atoms with Crippen molar-refractivity contribution in [2.45, 2.75) is 32.9 Å². The van der Waals surface area contributed by atoms with Crippen molar-refractivity contribution in [3.63, 3.8) is 0 Å². The molecule has 3 rings (SSSR count). The molecule has 1 heterocycles. The number of carbonyl (C=O) groups excluding carboxylic acids is 2. The van der Waals surface area contributed by atoms with Gasteiger partial charge in [-0.3, -0.25) is 9.59 Å². The Hall–Kier alpha value is -3.02. The van der Waals surface area contributed by atoms with E-state index in [1.807, 2.05) is 62.4 Å². The lowest BCUT2D eigenvalue weighted by atomic mass is 10.2. The third-order valence-electron chi connectivity index (χ3n) is 4.16. The second kappa shape index (κ2) is 8.58. The Morgan fingerprint density at radius 2 is 1.93 bits per heavy atom. The highest BCUT2D eigenvalue weighted by atomic mass is 16.5. The molecule has 0 aromatic heterocycles. The van der Waals surface area contributed by atoms with Gasteiger partial charge in [0.1, 0.15) is 11.5 Å². The smallest absolute Gasteiger partial charge is 0.265 e.